The third-order valence-corrected chi connectivity index (χ3v) is 2.71. The van der Waals surface area contributed by atoms with E-state index in [0.29, 0.717) is 16.6 Å². The number of hydrogen-bond acceptors (Lipinski definition) is 3. The number of carbonyl (C=O) groups excluding carboxylic acids is 1. The molecule has 2 heterocycles. The largest absolute Gasteiger partial charge is 0.345 e. The number of carbonyl (C=O) groups is 1. The Morgan fingerprint density at radius 2 is 2.16 bits per heavy atom. The number of rotatable bonds is 2. The van der Waals surface area contributed by atoms with Gasteiger partial charge in [0.15, 0.2) is 0 Å². The lowest BCUT2D eigenvalue weighted by molar-refractivity contribution is -0.123. The van der Waals surface area contributed by atoms with Crippen molar-refractivity contribution in [3.8, 4) is 0 Å². The number of aromatic amines is 2. The summed E-state index contributed by atoms with van der Waals surface area (Å²) in [6.07, 6.45) is 3.22. The summed E-state index contributed by atoms with van der Waals surface area (Å²) in [7, 11) is 0. The maximum atomic E-state index is 12.0. The van der Waals surface area contributed by atoms with Gasteiger partial charge in [-0.1, -0.05) is 33.4 Å². The molecule has 1 amide bonds. The minimum Gasteiger partial charge on any atom is -0.345 e. The maximum absolute atomic E-state index is 12.0. The molecule has 0 fully saturated rings. The van der Waals surface area contributed by atoms with Crippen LogP contribution >= 0.6 is 0 Å². The van der Waals surface area contributed by atoms with E-state index in [1.807, 2.05) is 0 Å². The van der Waals surface area contributed by atoms with Gasteiger partial charge in [0.2, 0.25) is 11.9 Å². The van der Waals surface area contributed by atoms with Gasteiger partial charge in [-0.2, -0.15) is 4.98 Å². The van der Waals surface area contributed by atoms with Crippen LogP contribution in [-0.4, -0.2) is 20.9 Å². The summed E-state index contributed by atoms with van der Waals surface area (Å²) < 4.78 is 0. The van der Waals surface area contributed by atoms with E-state index in [0.717, 1.165) is 0 Å². The highest BCUT2D eigenvalue weighted by Crippen LogP contribution is 2.17. The average molecular weight is 260 g/mol. The lowest BCUT2D eigenvalue weighted by Crippen LogP contribution is -2.29. The summed E-state index contributed by atoms with van der Waals surface area (Å²) in [6, 6.07) is 0. The van der Waals surface area contributed by atoms with Crippen LogP contribution < -0.4 is 10.9 Å². The van der Waals surface area contributed by atoms with E-state index >= 15 is 0 Å². The standard InChI is InChI=1S/C13H16N4O2/c1-5-7-6-14-9-8(7)10(18)16-12(15-9)17-11(19)13(2,3)4/h5-6H,1H2,2-4H3,(H3,14,15,16,17,18,19). The van der Waals surface area contributed by atoms with Gasteiger partial charge in [-0.3, -0.25) is 19.9 Å². The molecule has 2 rings (SSSR count). The molecule has 0 atom stereocenters. The molecule has 0 aliphatic rings. The molecular weight excluding hydrogens is 244 g/mol. The Kier molecular flexibility index (Phi) is 3.01. The lowest BCUT2D eigenvalue weighted by Gasteiger charge is -2.16. The third kappa shape index (κ3) is 2.42. The lowest BCUT2D eigenvalue weighted by atomic mass is 9.96. The molecule has 0 aromatic carbocycles. The Bertz CT molecular complexity index is 703. The molecule has 6 nitrogen and oxygen atoms in total. The molecule has 0 unspecified atom stereocenters. The first-order valence-corrected chi connectivity index (χ1v) is 5.88. The molecule has 0 bridgehead atoms. The Labute approximate surface area is 109 Å². The first-order chi connectivity index (χ1) is 8.82. The number of fused-ring (bicyclic) bond motifs is 1. The molecule has 2 aromatic rings. The normalized spacial score (nSPS) is 11.5. The van der Waals surface area contributed by atoms with Gasteiger partial charge in [0.05, 0.1) is 5.39 Å². The van der Waals surface area contributed by atoms with Gasteiger partial charge in [-0.05, 0) is 0 Å². The highest BCUT2D eigenvalue weighted by molar-refractivity contribution is 5.94. The van der Waals surface area contributed by atoms with Crippen molar-refractivity contribution >= 4 is 29.0 Å². The third-order valence-electron chi connectivity index (χ3n) is 2.71. The van der Waals surface area contributed by atoms with Crippen molar-refractivity contribution in [2.24, 2.45) is 5.41 Å². The molecule has 0 saturated heterocycles. The van der Waals surface area contributed by atoms with Crippen LogP contribution in [-0.2, 0) is 4.79 Å². The molecule has 0 aliphatic carbocycles. The monoisotopic (exact) mass is 260 g/mol. The van der Waals surface area contributed by atoms with Gasteiger partial charge in [-0.25, -0.2) is 0 Å². The molecule has 0 spiro atoms. The highest BCUT2D eigenvalue weighted by atomic mass is 16.2. The van der Waals surface area contributed by atoms with E-state index in [2.05, 4.69) is 26.8 Å². The van der Waals surface area contributed by atoms with E-state index in [1.165, 1.54) is 0 Å². The van der Waals surface area contributed by atoms with E-state index < -0.39 is 5.41 Å². The molecule has 0 aliphatic heterocycles. The predicted octanol–water partition coefficient (Wildman–Crippen LogP) is 1.88. The first kappa shape index (κ1) is 13.1. The van der Waals surface area contributed by atoms with Crippen LogP contribution in [0.5, 0.6) is 0 Å². The number of nitrogens with zero attached hydrogens (tertiary/aromatic N) is 1. The summed E-state index contributed by atoms with van der Waals surface area (Å²) in [5.74, 6) is -0.0830. The van der Waals surface area contributed by atoms with Gasteiger partial charge < -0.3 is 4.98 Å². The highest BCUT2D eigenvalue weighted by Gasteiger charge is 2.22. The molecule has 0 saturated carbocycles. The molecular formula is C13H16N4O2. The van der Waals surface area contributed by atoms with Crippen LogP contribution in [0.2, 0.25) is 0 Å². The number of aromatic nitrogens is 3. The summed E-state index contributed by atoms with van der Waals surface area (Å²) in [5, 5.41) is 3.02. The molecule has 0 radical (unpaired) electrons. The summed E-state index contributed by atoms with van der Waals surface area (Å²) in [5.41, 5.74) is 0.223. The Balaban J connectivity index is 2.45. The van der Waals surface area contributed by atoms with Crippen LogP contribution in [0, 0.1) is 5.41 Å². The Morgan fingerprint density at radius 3 is 2.74 bits per heavy atom. The van der Waals surface area contributed by atoms with Crippen molar-refractivity contribution in [3.05, 3.63) is 28.7 Å². The number of H-pyrrole nitrogens is 2. The van der Waals surface area contributed by atoms with Crippen molar-refractivity contribution in [1.82, 2.24) is 15.0 Å². The minimum atomic E-state index is -0.560. The van der Waals surface area contributed by atoms with Crippen molar-refractivity contribution in [2.45, 2.75) is 20.8 Å². The number of anilines is 1. The molecule has 6 heteroatoms. The van der Waals surface area contributed by atoms with Gasteiger partial charge in [-0.15, -0.1) is 0 Å². The summed E-state index contributed by atoms with van der Waals surface area (Å²) >= 11 is 0. The molecule has 100 valence electrons. The first-order valence-electron chi connectivity index (χ1n) is 5.88. The number of nitrogens with one attached hydrogen (secondary N) is 3. The zero-order valence-electron chi connectivity index (χ0n) is 11.1. The van der Waals surface area contributed by atoms with Gasteiger partial charge in [0.1, 0.15) is 5.65 Å². The van der Waals surface area contributed by atoms with Crippen LogP contribution in [0.25, 0.3) is 17.1 Å². The zero-order chi connectivity index (χ0) is 14.2. The number of amides is 1. The fraction of sp³-hybridized carbons (Fsp3) is 0.308. The number of hydrogen-bond donors (Lipinski definition) is 3. The van der Waals surface area contributed by atoms with Crippen molar-refractivity contribution in [1.29, 1.82) is 0 Å². The van der Waals surface area contributed by atoms with Crippen molar-refractivity contribution in [3.63, 3.8) is 0 Å². The summed E-state index contributed by atoms with van der Waals surface area (Å²) in [6.45, 7) is 8.97. The Hall–Kier alpha value is -2.37. The van der Waals surface area contributed by atoms with E-state index in [9.17, 15) is 9.59 Å². The molecule has 2 aromatic heterocycles. The second kappa shape index (κ2) is 4.38. The van der Waals surface area contributed by atoms with E-state index in [1.54, 1.807) is 33.0 Å². The average Bonchev–Trinajstić information content (AvgIpc) is 2.71. The van der Waals surface area contributed by atoms with Crippen LogP contribution in [0.4, 0.5) is 5.95 Å². The molecule has 3 N–H and O–H groups in total. The van der Waals surface area contributed by atoms with Gasteiger partial charge in [0.25, 0.3) is 5.56 Å². The second-order valence-electron chi connectivity index (χ2n) is 5.29. The van der Waals surface area contributed by atoms with Crippen LogP contribution in [0.15, 0.2) is 17.6 Å². The Morgan fingerprint density at radius 1 is 1.47 bits per heavy atom. The fourth-order valence-electron chi connectivity index (χ4n) is 1.58. The summed E-state index contributed by atoms with van der Waals surface area (Å²) in [4.78, 5) is 33.4. The minimum absolute atomic E-state index is 0.134. The maximum Gasteiger partial charge on any atom is 0.262 e. The second-order valence-corrected chi connectivity index (χ2v) is 5.29. The van der Waals surface area contributed by atoms with Gasteiger partial charge >= 0.3 is 0 Å². The predicted molar refractivity (Wildman–Crippen MR) is 74.9 cm³/mol. The van der Waals surface area contributed by atoms with Crippen molar-refractivity contribution in [2.75, 3.05) is 5.32 Å². The van der Waals surface area contributed by atoms with Crippen LogP contribution in [0.1, 0.15) is 26.3 Å². The SMILES string of the molecule is C=Cc1c[nH]c2nc(NC(=O)C(C)(C)C)[nH]c(=O)c12. The molecule has 19 heavy (non-hydrogen) atoms. The zero-order valence-corrected chi connectivity index (χ0v) is 11.1. The van der Waals surface area contributed by atoms with Crippen molar-refractivity contribution < 1.29 is 4.79 Å². The quantitative estimate of drug-likeness (QED) is 0.770. The van der Waals surface area contributed by atoms with Gasteiger partial charge in [0, 0.05) is 17.2 Å². The smallest absolute Gasteiger partial charge is 0.262 e. The fourth-order valence-corrected chi connectivity index (χ4v) is 1.58. The van der Waals surface area contributed by atoms with E-state index in [4.69, 9.17) is 0 Å². The van der Waals surface area contributed by atoms with Crippen LogP contribution in [0.3, 0.4) is 0 Å². The topological polar surface area (TPSA) is 90.6 Å². The van der Waals surface area contributed by atoms with E-state index in [-0.39, 0.29) is 17.4 Å².